The van der Waals surface area contributed by atoms with Crippen LogP contribution >= 0.6 is 27.5 Å². The molecule has 0 spiro atoms. The second-order valence-corrected chi connectivity index (χ2v) is 7.86. The van der Waals surface area contributed by atoms with Crippen molar-refractivity contribution in [2.24, 2.45) is 0 Å². The summed E-state index contributed by atoms with van der Waals surface area (Å²) in [6, 6.07) is 9.13. The Morgan fingerprint density at radius 3 is 2.48 bits per heavy atom. The minimum atomic E-state index is -0.371. The molecular formula is C19H18BrClN6O2. The molecule has 8 nitrogen and oxygen atoms in total. The smallest absolute Gasteiger partial charge is 0.292 e. The number of hydrogen-bond acceptors (Lipinski definition) is 5. The van der Waals surface area contributed by atoms with E-state index < -0.39 is 0 Å². The van der Waals surface area contributed by atoms with E-state index in [-0.39, 0.29) is 16.5 Å². The number of H-pyrrole nitrogens is 1. The molecule has 0 unspecified atom stereocenters. The van der Waals surface area contributed by atoms with E-state index in [0.717, 1.165) is 5.69 Å². The van der Waals surface area contributed by atoms with Gasteiger partial charge in [0.1, 0.15) is 5.02 Å². The highest BCUT2D eigenvalue weighted by molar-refractivity contribution is 9.10. The van der Waals surface area contributed by atoms with E-state index in [1.54, 1.807) is 23.2 Å². The molecule has 10 heteroatoms. The molecule has 150 valence electrons. The first-order valence-electron chi connectivity index (χ1n) is 9.05. The molecule has 0 bridgehead atoms. The predicted molar refractivity (Wildman–Crippen MR) is 114 cm³/mol. The highest BCUT2D eigenvalue weighted by Gasteiger charge is 2.27. The number of hydrogen-bond donors (Lipinski definition) is 1. The van der Waals surface area contributed by atoms with Gasteiger partial charge in [-0.3, -0.25) is 14.7 Å². The van der Waals surface area contributed by atoms with Crippen molar-refractivity contribution in [1.82, 2.24) is 24.9 Å². The van der Waals surface area contributed by atoms with E-state index in [9.17, 15) is 9.59 Å². The number of piperazine rings is 1. The largest absolute Gasteiger partial charge is 0.365 e. The molecule has 1 saturated heterocycles. The molecule has 1 aromatic carbocycles. The Balaban J connectivity index is 1.50. The molecular weight excluding hydrogens is 460 g/mol. The first-order chi connectivity index (χ1) is 14.0. The fourth-order valence-electron chi connectivity index (χ4n) is 3.26. The minimum Gasteiger partial charge on any atom is -0.365 e. The standard InChI is InChI=1S/C19H18BrClN6O2/c1-12-15(20)17(24-23-12)19(29)26-9-7-25(8-10-26)14-11-22-27(18(28)16(14)21)13-5-3-2-4-6-13/h2-6,11H,7-10H2,1H3,(H,23,24). The van der Waals surface area contributed by atoms with E-state index in [4.69, 9.17) is 11.6 Å². The van der Waals surface area contributed by atoms with Crippen molar-refractivity contribution in [3.05, 3.63) is 67.8 Å². The first-order valence-corrected chi connectivity index (χ1v) is 10.2. The van der Waals surface area contributed by atoms with E-state index in [0.29, 0.717) is 47.7 Å². The van der Waals surface area contributed by atoms with Gasteiger partial charge < -0.3 is 9.80 Å². The molecule has 1 aliphatic rings. The summed E-state index contributed by atoms with van der Waals surface area (Å²) >= 11 is 9.78. The van der Waals surface area contributed by atoms with Crippen LogP contribution in [-0.4, -0.2) is 57.0 Å². The van der Waals surface area contributed by atoms with Crippen LogP contribution in [0.15, 0.2) is 45.8 Å². The van der Waals surface area contributed by atoms with Crippen LogP contribution in [0.2, 0.25) is 5.02 Å². The highest BCUT2D eigenvalue weighted by atomic mass is 79.9. The Hall–Kier alpha value is -2.65. The molecule has 0 atom stereocenters. The maximum absolute atomic E-state index is 12.7. The second-order valence-electron chi connectivity index (χ2n) is 6.69. The van der Waals surface area contributed by atoms with E-state index in [1.807, 2.05) is 30.0 Å². The maximum atomic E-state index is 12.7. The summed E-state index contributed by atoms with van der Waals surface area (Å²) < 4.78 is 1.96. The van der Waals surface area contributed by atoms with Gasteiger partial charge in [-0.05, 0) is 35.0 Å². The number of para-hydroxylation sites is 1. The Bertz CT molecular complexity index is 1110. The van der Waals surface area contributed by atoms with Crippen molar-refractivity contribution < 1.29 is 4.79 Å². The minimum absolute atomic E-state index is 0.120. The molecule has 1 aliphatic heterocycles. The Morgan fingerprint density at radius 2 is 1.86 bits per heavy atom. The summed E-state index contributed by atoms with van der Waals surface area (Å²) in [6.07, 6.45) is 1.60. The summed E-state index contributed by atoms with van der Waals surface area (Å²) in [7, 11) is 0. The van der Waals surface area contributed by atoms with Crippen LogP contribution in [0.25, 0.3) is 5.69 Å². The molecule has 29 heavy (non-hydrogen) atoms. The van der Waals surface area contributed by atoms with Crippen molar-refractivity contribution in [2.45, 2.75) is 6.92 Å². The lowest BCUT2D eigenvalue weighted by Gasteiger charge is -2.35. The third-order valence-electron chi connectivity index (χ3n) is 4.88. The molecule has 4 rings (SSSR count). The zero-order chi connectivity index (χ0) is 20.5. The van der Waals surface area contributed by atoms with Gasteiger partial charge in [0, 0.05) is 31.9 Å². The molecule has 3 aromatic rings. The highest BCUT2D eigenvalue weighted by Crippen LogP contribution is 2.24. The summed E-state index contributed by atoms with van der Waals surface area (Å²) in [6.45, 7) is 3.93. The molecule has 0 aliphatic carbocycles. The lowest BCUT2D eigenvalue weighted by molar-refractivity contribution is 0.0740. The number of amides is 1. The third kappa shape index (κ3) is 3.67. The van der Waals surface area contributed by atoms with Crippen LogP contribution in [-0.2, 0) is 0 Å². The second kappa shape index (κ2) is 8.00. The van der Waals surface area contributed by atoms with Crippen LogP contribution < -0.4 is 10.5 Å². The molecule has 1 fully saturated rings. The molecule has 1 amide bonds. The van der Waals surface area contributed by atoms with Gasteiger partial charge in [-0.25, -0.2) is 0 Å². The molecule has 1 N–H and O–H groups in total. The van der Waals surface area contributed by atoms with Gasteiger partial charge in [-0.2, -0.15) is 14.9 Å². The van der Waals surface area contributed by atoms with Crippen molar-refractivity contribution >= 4 is 39.1 Å². The van der Waals surface area contributed by atoms with Crippen molar-refractivity contribution in [3.63, 3.8) is 0 Å². The zero-order valence-electron chi connectivity index (χ0n) is 15.6. The van der Waals surface area contributed by atoms with Gasteiger partial charge in [0.15, 0.2) is 5.69 Å². The van der Waals surface area contributed by atoms with Crippen molar-refractivity contribution in [2.75, 3.05) is 31.1 Å². The van der Waals surface area contributed by atoms with Gasteiger partial charge in [0.05, 0.1) is 22.0 Å². The third-order valence-corrected chi connectivity index (χ3v) is 6.21. The van der Waals surface area contributed by atoms with Crippen LogP contribution in [0.4, 0.5) is 5.69 Å². The van der Waals surface area contributed by atoms with Gasteiger partial charge in [-0.1, -0.05) is 29.8 Å². The Kier molecular flexibility index (Phi) is 5.42. The average Bonchev–Trinajstić information content (AvgIpc) is 3.09. The van der Waals surface area contributed by atoms with Crippen LogP contribution in [0.1, 0.15) is 16.2 Å². The van der Waals surface area contributed by atoms with Crippen LogP contribution in [0.5, 0.6) is 0 Å². The molecule has 3 heterocycles. The topological polar surface area (TPSA) is 87.1 Å². The number of carbonyl (C=O) groups is 1. The summed E-state index contributed by atoms with van der Waals surface area (Å²) in [5.41, 5.74) is 2.05. The van der Waals surface area contributed by atoms with Crippen LogP contribution in [0, 0.1) is 6.92 Å². The number of nitrogens with zero attached hydrogens (tertiary/aromatic N) is 5. The quantitative estimate of drug-likeness (QED) is 0.627. The number of aryl methyl sites for hydroxylation is 1. The Morgan fingerprint density at radius 1 is 1.17 bits per heavy atom. The monoisotopic (exact) mass is 476 g/mol. The summed E-state index contributed by atoms with van der Waals surface area (Å²) in [4.78, 5) is 29.1. The number of anilines is 1. The number of nitrogens with one attached hydrogen (secondary N) is 1. The SMILES string of the molecule is Cc1[nH]nc(C(=O)N2CCN(c3cnn(-c4ccccc4)c(=O)c3Cl)CC2)c1Br. The van der Waals surface area contributed by atoms with Gasteiger partial charge in [0.25, 0.3) is 11.5 Å². The van der Waals surface area contributed by atoms with Gasteiger partial charge in [0.2, 0.25) is 0 Å². The number of rotatable bonds is 3. The van der Waals surface area contributed by atoms with Gasteiger partial charge in [-0.15, -0.1) is 0 Å². The first kappa shape index (κ1) is 19.7. The van der Waals surface area contributed by atoms with Crippen molar-refractivity contribution in [3.8, 4) is 5.69 Å². The predicted octanol–water partition coefficient (Wildman–Crippen LogP) is 2.64. The number of aromatic nitrogens is 4. The number of aromatic amines is 1. The Labute approximate surface area is 180 Å². The van der Waals surface area contributed by atoms with E-state index >= 15 is 0 Å². The normalized spacial score (nSPS) is 14.3. The number of benzene rings is 1. The average molecular weight is 478 g/mol. The summed E-state index contributed by atoms with van der Waals surface area (Å²) in [5.74, 6) is -0.135. The zero-order valence-corrected chi connectivity index (χ0v) is 17.9. The number of halogens is 2. The fraction of sp³-hybridized carbons (Fsp3) is 0.263. The van der Waals surface area contributed by atoms with Crippen molar-refractivity contribution in [1.29, 1.82) is 0 Å². The van der Waals surface area contributed by atoms with Gasteiger partial charge >= 0.3 is 0 Å². The molecule has 0 saturated carbocycles. The molecule has 0 radical (unpaired) electrons. The molecule has 2 aromatic heterocycles. The number of carbonyl (C=O) groups excluding carboxylic acids is 1. The summed E-state index contributed by atoms with van der Waals surface area (Å²) in [5, 5.41) is 11.3. The maximum Gasteiger partial charge on any atom is 0.292 e. The fourth-order valence-corrected chi connectivity index (χ4v) is 3.85. The van der Waals surface area contributed by atoms with E-state index in [2.05, 4.69) is 31.2 Å². The van der Waals surface area contributed by atoms with Crippen LogP contribution in [0.3, 0.4) is 0 Å². The lowest BCUT2D eigenvalue weighted by Crippen LogP contribution is -2.49. The van der Waals surface area contributed by atoms with E-state index in [1.165, 1.54) is 4.68 Å². The lowest BCUT2D eigenvalue weighted by atomic mass is 10.2.